The molecule has 0 heterocycles. The summed E-state index contributed by atoms with van der Waals surface area (Å²) in [5.74, 6) is -0.809. The summed E-state index contributed by atoms with van der Waals surface area (Å²) in [7, 11) is 1.34. The highest BCUT2D eigenvalue weighted by atomic mass is 79.9. The molecular weight excluding hydrogens is 243 g/mol. The molecule has 0 amide bonds. The zero-order valence-corrected chi connectivity index (χ0v) is 8.80. The number of esters is 1. The van der Waals surface area contributed by atoms with Crippen LogP contribution in [0.4, 0.5) is 0 Å². The molecule has 12 heavy (non-hydrogen) atoms. The van der Waals surface area contributed by atoms with Crippen molar-refractivity contribution in [3.05, 3.63) is 24.3 Å². The van der Waals surface area contributed by atoms with Gasteiger partial charge in [-0.1, -0.05) is 40.2 Å². The van der Waals surface area contributed by atoms with E-state index in [1.165, 1.54) is 7.11 Å². The van der Waals surface area contributed by atoms with Gasteiger partial charge < -0.3 is 4.74 Å². The zero-order valence-electron chi connectivity index (χ0n) is 6.46. The number of halogens is 2. The minimum absolute atomic E-state index is 0.345. The fourth-order valence-electron chi connectivity index (χ4n) is 0.954. The van der Waals surface area contributed by atoms with Crippen molar-refractivity contribution in [1.29, 1.82) is 0 Å². The first-order valence-corrected chi connectivity index (χ1v) is 4.56. The molecule has 0 saturated heterocycles. The molecule has 1 aliphatic carbocycles. The number of carbonyl (C=O) groups is 1. The normalized spacial score (nSPS) is 33.4. The van der Waals surface area contributed by atoms with Crippen LogP contribution in [0.1, 0.15) is 0 Å². The number of carbonyl (C=O) groups excluding carboxylic acids is 1. The van der Waals surface area contributed by atoms with Crippen molar-refractivity contribution in [3.8, 4) is 0 Å². The van der Waals surface area contributed by atoms with Gasteiger partial charge in [-0.3, -0.25) is 4.79 Å². The summed E-state index contributed by atoms with van der Waals surface area (Å²) < 4.78 is 3.75. The standard InChI is InChI=1S/C8H8BrClO2/c1-12-7(11)6-4-2-3-5-8(6,9)10/h2-6H,1H3. The molecule has 4 heteroatoms. The Hall–Kier alpha value is -0.280. The molecule has 0 aromatic carbocycles. The van der Waals surface area contributed by atoms with E-state index in [1.54, 1.807) is 24.3 Å². The first-order valence-electron chi connectivity index (χ1n) is 3.39. The van der Waals surface area contributed by atoms with Gasteiger partial charge in [-0.15, -0.1) is 11.6 Å². The number of hydrogen-bond donors (Lipinski definition) is 0. The summed E-state index contributed by atoms with van der Waals surface area (Å²) >= 11 is 9.22. The number of ether oxygens (including phenoxy) is 1. The van der Waals surface area contributed by atoms with Crippen LogP contribution in [0.5, 0.6) is 0 Å². The lowest BCUT2D eigenvalue weighted by Gasteiger charge is -2.24. The van der Waals surface area contributed by atoms with Crippen molar-refractivity contribution < 1.29 is 9.53 Å². The lowest BCUT2D eigenvalue weighted by molar-refractivity contribution is -0.143. The SMILES string of the molecule is COC(=O)C1C=CC=CC1(Cl)Br. The van der Waals surface area contributed by atoms with E-state index >= 15 is 0 Å². The Kier molecular flexibility index (Phi) is 2.96. The Bertz CT molecular complexity index is 245. The van der Waals surface area contributed by atoms with E-state index in [9.17, 15) is 4.79 Å². The highest BCUT2D eigenvalue weighted by molar-refractivity contribution is 9.10. The van der Waals surface area contributed by atoms with Crippen molar-refractivity contribution >= 4 is 33.5 Å². The lowest BCUT2D eigenvalue weighted by atomic mass is 10.0. The zero-order chi connectivity index (χ0) is 9.19. The smallest absolute Gasteiger partial charge is 0.315 e. The van der Waals surface area contributed by atoms with Crippen LogP contribution in [0.2, 0.25) is 0 Å². The fraction of sp³-hybridized carbons (Fsp3) is 0.375. The molecule has 1 rings (SSSR count). The van der Waals surface area contributed by atoms with Crippen LogP contribution in [0.25, 0.3) is 0 Å². The van der Waals surface area contributed by atoms with Gasteiger partial charge in [0.2, 0.25) is 0 Å². The molecule has 0 bridgehead atoms. The molecule has 0 radical (unpaired) electrons. The number of rotatable bonds is 1. The largest absolute Gasteiger partial charge is 0.468 e. The molecule has 0 fully saturated rings. The summed E-state index contributed by atoms with van der Waals surface area (Å²) in [6.45, 7) is 0. The van der Waals surface area contributed by atoms with Crippen LogP contribution < -0.4 is 0 Å². The Morgan fingerprint density at radius 3 is 2.83 bits per heavy atom. The molecule has 2 nitrogen and oxygen atoms in total. The fourth-order valence-corrected chi connectivity index (χ4v) is 1.68. The van der Waals surface area contributed by atoms with Gasteiger partial charge in [-0.05, 0) is 0 Å². The Morgan fingerprint density at radius 1 is 1.67 bits per heavy atom. The molecule has 1 aliphatic rings. The third-order valence-electron chi connectivity index (χ3n) is 1.60. The molecule has 0 aromatic rings. The summed E-state index contributed by atoms with van der Waals surface area (Å²) in [4.78, 5) is 11.2. The van der Waals surface area contributed by atoms with Crippen molar-refractivity contribution in [2.24, 2.45) is 5.92 Å². The predicted molar refractivity (Wildman–Crippen MR) is 51.3 cm³/mol. The maximum atomic E-state index is 11.2. The molecule has 66 valence electrons. The van der Waals surface area contributed by atoms with Crippen molar-refractivity contribution in [1.82, 2.24) is 0 Å². The van der Waals surface area contributed by atoms with Crippen LogP contribution in [0.15, 0.2) is 24.3 Å². The van der Waals surface area contributed by atoms with E-state index in [1.807, 2.05) is 0 Å². The van der Waals surface area contributed by atoms with E-state index in [4.69, 9.17) is 11.6 Å². The average Bonchev–Trinajstić information content (AvgIpc) is 2.02. The van der Waals surface area contributed by atoms with Crippen LogP contribution in [-0.2, 0) is 9.53 Å². The summed E-state index contributed by atoms with van der Waals surface area (Å²) in [5, 5.41) is 0. The second-order valence-corrected chi connectivity index (χ2v) is 4.81. The highest BCUT2D eigenvalue weighted by Crippen LogP contribution is 2.37. The van der Waals surface area contributed by atoms with Gasteiger partial charge in [0.05, 0.1) is 7.11 Å². The van der Waals surface area contributed by atoms with E-state index in [-0.39, 0.29) is 5.97 Å². The van der Waals surface area contributed by atoms with E-state index in [2.05, 4.69) is 20.7 Å². The molecule has 2 atom stereocenters. The minimum atomic E-state index is -0.838. The monoisotopic (exact) mass is 250 g/mol. The van der Waals surface area contributed by atoms with Gasteiger partial charge in [0, 0.05) is 0 Å². The van der Waals surface area contributed by atoms with Crippen LogP contribution in [0, 0.1) is 5.92 Å². The van der Waals surface area contributed by atoms with Gasteiger partial charge >= 0.3 is 5.97 Å². The topological polar surface area (TPSA) is 26.3 Å². The highest BCUT2D eigenvalue weighted by Gasteiger charge is 2.37. The summed E-state index contributed by atoms with van der Waals surface area (Å²) in [5.41, 5.74) is 0. The molecular formula is C8H8BrClO2. The van der Waals surface area contributed by atoms with Gasteiger partial charge in [-0.25, -0.2) is 0 Å². The van der Waals surface area contributed by atoms with Gasteiger partial charge in [0.1, 0.15) is 9.70 Å². The van der Waals surface area contributed by atoms with Crippen LogP contribution >= 0.6 is 27.5 Å². The third-order valence-corrected chi connectivity index (χ3v) is 2.72. The Labute approximate surface area is 84.4 Å². The van der Waals surface area contributed by atoms with Gasteiger partial charge in [-0.2, -0.15) is 0 Å². The Morgan fingerprint density at radius 2 is 2.33 bits per heavy atom. The van der Waals surface area contributed by atoms with Crippen LogP contribution in [0.3, 0.4) is 0 Å². The molecule has 0 saturated carbocycles. The second-order valence-electron chi connectivity index (χ2n) is 2.42. The molecule has 0 spiro atoms. The first kappa shape index (κ1) is 9.81. The second kappa shape index (κ2) is 3.62. The molecule has 0 aliphatic heterocycles. The van der Waals surface area contributed by atoms with E-state index in [0.717, 1.165) is 0 Å². The quantitative estimate of drug-likeness (QED) is 0.528. The first-order chi connectivity index (χ1) is 5.58. The van der Waals surface area contributed by atoms with Gasteiger partial charge in [0.15, 0.2) is 0 Å². The number of alkyl halides is 2. The molecule has 2 unspecified atom stereocenters. The maximum Gasteiger partial charge on any atom is 0.315 e. The molecule has 0 N–H and O–H groups in total. The molecule has 0 aromatic heterocycles. The van der Waals surface area contributed by atoms with Crippen molar-refractivity contribution in [2.45, 2.75) is 3.78 Å². The van der Waals surface area contributed by atoms with E-state index in [0.29, 0.717) is 0 Å². The maximum absolute atomic E-state index is 11.2. The van der Waals surface area contributed by atoms with Crippen LogP contribution in [-0.4, -0.2) is 16.9 Å². The van der Waals surface area contributed by atoms with E-state index < -0.39 is 9.70 Å². The summed E-state index contributed by atoms with van der Waals surface area (Å²) in [6, 6.07) is 0. The van der Waals surface area contributed by atoms with Crippen molar-refractivity contribution in [2.75, 3.05) is 7.11 Å². The minimum Gasteiger partial charge on any atom is -0.468 e. The number of methoxy groups -OCH3 is 1. The van der Waals surface area contributed by atoms with Crippen molar-refractivity contribution in [3.63, 3.8) is 0 Å². The van der Waals surface area contributed by atoms with Gasteiger partial charge in [0.25, 0.3) is 0 Å². The third kappa shape index (κ3) is 1.90. The number of allylic oxidation sites excluding steroid dienone is 3. The number of hydrogen-bond acceptors (Lipinski definition) is 2. The Balaban J connectivity index is 2.84. The summed E-state index contributed by atoms with van der Waals surface area (Å²) in [6.07, 6.45) is 6.95. The lowest BCUT2D eigenvalue weighted by Crippen LogP contribution is -2.31. The predicted octanol–water partition coefficient (Wildman–Crippen LogP) is 2.23. The average molecular weight is 252 g/mol.